The van der Waals surface area contributed by atoms with Crippen LogP contribution in [0.25, 0.3) is 6.08 Å². The highest BCUT2D eigenvalue weighted by Gasteiger charge is 2.06. The summed E-state index contributed by atoms with van der Waals surface area (Å²) in [6, 6.07) is 0. The van der Waals surface area contributed by atoms with Crippen LogP contribution in [0.4, 0.5) is 0 Å². The maximum atomic E-state index is 5.14. The Balaban J connectivity index is 2.73. The Morgan fingerprint density at radius 1 is 1.40 bits per heavy atom. The highest BCUT2D eigenvalue weighted by atomic mass is 28.3. The lowest BCUT2D eigenvalue weighted by Crippen LogP contribution is -2.15. The topological polar surface area (TPSA) is 26.0 Å². The zero-order valence-corrected chi connectivity index (χ0v) is 11.2. The first-order valence-electron chi connectivity index (χ1n) is 5.16. The lowest BCUT2D eigenvalue weighted by atomic mass is 10.2. The largest absolute Gasteiger partial charge is 0.449 e. The number of aromatic nitrogens is 1. The maximum Gasteiger partial charge on any atom is 0.191 e. The monoisotopic (exact) mass is 221 g/mol. The van der Waals surface area contributed by atoms with Crippen molar-refractivity contribution in [2.75, 3.05) is 0 Å². The van der Waals surface area contributed by atoms with Crippen LogP contribution in [0.15, 0.2) is 28.0 Å². The van der Waals surface area contributed by atoms with Crippen LogP contribution in [-0.4, -0.2) is 13.1 Å². The molecule has 15 heavy (non-hydrogen) atoms. The Morgan fingerprint density at radius 2 is 2.07 bits per heavy atom. The molecule has 82 valence electrons. The van der Waals surface area contributed by atoms with Crippen LogP contribution in [0.3, 0.4) is 0 Å². The van der Waals surface area contributed by atoms with Gasteiger partial charge in [0.05, 0.1) is 8.07 Å². The van der Waals surface area contributed by atoms with Crippen molar-refractivity contribution in [2.45, 2.75) is 33.5 Å². The lowest BCUT2D eigenvalue weighted by Gasteiger charge is -2.07. The van der Waals surface area contributed by atoms with Crippen molar-refractivity contribution in [3.05, 3.63) is 35.2 Å². The molecule has 1 rings (SSSR count). The SMILES string of the molecule is CC(/C=C/[Si](C)(C)C)=C\c1coc(C)n1. The molecule has 0 saturated heterocycles. The van der Waals surface area contributed by atoms with E-state index < -0.39 is 8.07 Å². The van der Waals surface area contributed by atoms with Gasteiger partial charge in [-0.1, -0.05) is 31.4 Å². The molecule has 0 aliphatic carbocycles. The quantitative estimate of drug-likeness (QED) is 0.573. The fourth-order valence-corrected chi connectivity index (χ4v) is 1.87. The molecule has 0 radical (unpaired) electrons. The fourth-order valence-electron chi connectivity index (χ4n) is 1.11. The summed E-state index contributed by atoms with van der Waals surface area (Å²) in [5.74, 6) is 0.711. The van der Waals surface area contributed by atoms with Crippen LogP contribution in [0, 0.1) is 6.92 Å². The van der Waals surface area contributed by atoms with Gasteiger partial charge in [0.25, 0.3) is 0 Å². The van der Waals surface area contributed by atoms with Gasteiger partial charge in [0, 0.05) is 6.92 Å². The highest BCUT2D eigenvalue weighted by molar-refractivity contribution is 6.81. The number of allylic oxidation sites excluding steroid dienone is 2. The predicted octanol–water partition coefficient (Wildman–Crippen LogP) is 3.82. The molecule has 1 heterocycles. The first-order valence-corrected chi connectivity index (χ1v) is 8.74. The summed E-state index contributed by atoms with van der Waals surface area (Å²) in [5.41, 5.74) is 4.43. The Hall–Kier alpha value is -1.09. The average Bonchev–Trinajstić information content (AvgIpc) is 2.47. The Labute approximate surface area is 92.7 Å². The first-order chi connectivity index (χ1) is 6.87. The van der Waals surface area contributed by atoms with Crippen LogP contribution in [0.5, 0.6) is 0 Å². The van der Waals surface area contributed by atoms with Crippen LogP contribution < -0.4 is 0 Å². The van der Waals surface area contributed by atoms with Gasteiger partial charge in [-0.3, -0.25) is 0 Å². The van der Waals surface area contributed by atoms with Crippen LogP contribution in [-0.2, 0) is 0 Å². The van der Waals surface area contributed by atoms with Crippen LogP contribution in [0.2, 0.25) is 19.6 Å². The molecule has 0 aromatic carbocycles. The van der Waals surface area contributed by atoms with Crippen molar-refractivity contribution in [1.82, 2.24) is 4.98 Å². The van der Waals surface area contributed by atoms with E-state index in [0.29, 0.717) is 5.89 Å². The summed E-state index contributed by atoms with van der Waals surface area (Å²) < 4.78 is 5.14. The van der Waals surface area contributed by atoms with E-state index in [1.807, 2.05) is 13.0 Å². The average molecular weight is 221 g/mol. The molecule has 0 bridgehead atoms. The molecular weight excluding hydrogens is 202 g/mol. The van der Waals surface area contributed by atoms with Gasteiger partial charge in [-0.05, 0) is 18.6 Å². The molecule has 0 unspecified atom stereocenters. The van der Waals surface area contributed by atoms with E-state index in [2.05, 4.69) is 43.3 Å². The van der Waals surface area contributed by atoms with Crippen LogP contribution >= 0.6 is 0 Å². The van der Waals surface area contributed by atoms with Crippen molar-refractivity contribution < 1.29 is 4.42 Å². The van der Waals surface area contributed by atoms with Gasteiger partial charge >= 0.3 is 0 Å². The molecule has 0 spiro atoms. The molecule has 0 aliphatic rings. The van der Waals surface area contributed by atoms with Crippen LogP contribution in [0.1, 0.15) is 18.5 Å². The molecule has 3 heteroatoms. The number of rotatable bonds is 3. The number of oxazole rings is 1. The van der Waals surface area contributed by atoms with Crippen molar-refractivity contribution in [3.8, 4) is 0 Å². The molecule has 0 fully saturated rings. The molecule has 0 saturated carbocycles. The third-order valence-corrected chi connectivity index (χ3v) is 3.03. The van der Waals surface area contributed by atoms with Gasteiger partial charge in [0.2, 0.25) is 0 Å². The number of hydrogen-bond donors (Lipinski definition) is 0. The van der Waals surface area contributed by atoms with Gasteiger partial charge in [0.15, 0.2) is 5.89 Å². The smallest absolute Gasteiger partial charge is 0.191 e. The van der Waals surface area contributed by atoms with Gasteiger partial charge in [-0.2, -0.15) is 0 Å². The van der Waals surface area contributed by atoms with Crippen molar-refractivity contribution in [3.63, 3.8) is 0 Å². The minimum Gasteiger partial charge on any atom is -0.449 e. The van der Waals surface area contributed by atoms with E-state index in [4.69, 9.17) is 4.42 Å². The van der Waals surface area contributed by atoms with Gasteiger partial charge < -0.3 is 4.42 Å². The van der Waals surface area contributed by atoms with Gasteiger partial charge in [0.1, 0.15) is 12.0 Å². The molecule has 2 nitrogen and oxygen atoms in total. The molecular formula is C12H19NOSi. The summed E-state index contributed by atoms with van der Waals surface area (Å²) in [5, 5.41) is 0. The Bertz CT molecular complexity index is 383. The van der Waals surface area contributed by atoms with Gasteiger partial charge in [-0.15, -0.1) is 0 Å². The summed E-state index contributed by atoms with van der Waals surface area (Å²) in [4.78, 5) is 4.23. The standard InChI is InChI=1S/C12H19NOSi/c1-10(6-7-15(3,4)5)8-12-9-14-11(2)13-12/h6-9H,1-5H3/b7-6+,10-8+. The number of nitrogens with zero attached hydrogens (tertiary/aromatic N) is 1. The van der Waals surface area contributed by atoms with Crippen molar-refractivity contribution >= 4 is 14.1 Å². The second-order valence-electron chi connectivity index (χ2n) is 4.88. The highest BCUT2D eigenvalue weighted by Crippen LogP contribution is 2.09. The van der Waals surface area contributed by atoms with E-state index in [0.717, 1.165) is 5.69 Å². The third-order valence-electron chi connectivity index (χ3n) is 1.86. The van der Waals surface area contributed by atoms with E-state index >= 15 is 0 Å². The normalized spacial score (nSPS) is 13.8. The predicted molar refractivity (Wildman–Crippen MR) is 67.4 cm³/mol. The van der Waals surface area contributed by atoms with E-state index in [1.165, 1.54) is 5.57 Å². The summed E-state index contributed by atoms with van der Waals surface area (Å²) >= 11 is 0. The van der Waals surface area contributed by atoms with Crippen molar-refractivity contribution in [2.24, 2.45) is 0 Å². The second-order valence-corrected chi connectivity index (χ2v) is 9.94. The molecule has 0 amide bonds. The van der Waals surface area contributed by atoms with E-state index in [9.17, 15) is 0 Å². The summed E-state index contributed by atoms with van der Waals surface area (Å²) in [6.45, 7) is 10.9. The maximum absolute atomic E-state index is 5.14. The lowest BCUT2D eigenvalue weighted by molar-refractivity contribution is 0.521. The van der Waals surface area contributed by atoms with E-state index in [1.54, 1.807) is 6.26 Å². The zero-order valence-electron chi connectivity index (χ0n) is 10.2. The summed E-state index contributed by atoms with van der Waals surface area (Å²) in [7, 11) is -1.10. The molecule has 0 aliphatic heterocycles. The molecule has 1 aromatic rings. The minimum atomic E-state index is -1.10. The second kappa shape index (κ2) is 4.62. The number of hydrogen-bond acceptors (Lipinski definition) is 2. The Kier molecular flexibility index (Phi) is 3.69. The third kappa shape index (κ3) is 4.79. The van der Waals surface area contributed by atoms with Crippen molar-refractivity contribution in [1.29, 1.82) is 0 Å². The molecule has 1 aromatic heterocycles. The number of aryl methyl sites for hydroxylation is 1. The molecule has 0 N–H and O–H groups in total. The minimum absolute atomic E-state index is 0.711. The zero-order chi connectivity index (χ0) is 11.5. The summed E-state index contributed by atoms with van der Waals surface area (Å²) in [6.07, 6.45) is 5.89. The first kappa shape index (κ1) is 12.0. The fraction of sp³-hybridized carbons (Fsp3) is 0.417. The Morgan fingerprint density at radius 3 is 2.53 bits per heavy atom. The molecule has 0 atom stereocenters. The van der Waals surface area contributed by atoms with E-state index in [-0.39, 0.29) is 0 Å². The van der Waals surface area contributed by atoms with Gasteiger partial charge in [-0.25, -0.2) is 4.98 Å².